The van der Waals surface area contributed by atoms with Crippen LogP contribution in [0.3, 0.4) is 0 Å². The minimum atomic E-state index is 0.272. The van der Waals surface area contributed by atoms with Gasteiger partial charge in [0.15, 0.2) is 0 Å². The summed E-state index contributed by atoms with van der Waals surface area (Å²) in [6, 6.07) is 7.72. The summed E-state index contributed by atoms with van der Waals surface area (Å²) in [6.07, 6.45) is 3.59. The number of hydrogen-bond donors (Lipinski definition) is 2. The Morgan fingerprint density at radius 3 is 2.32 bits per heavy atom. The van der Waals surface area contributed by atoms with Gasteiger partial charge < -0.3 is 11.5 Å². The minimum absolute atomic E-state index is 0.272. The van der Waals surface area contributed by atoms with Crippen molar-refractivity contribution in [3.63, 3.8) is 0 Å². The maximum Gasteiger partial charge on any atom is 0.313 e. The molecule has 0 saturated heterocycles. The molecule has 4 nitrogen and oxygen atoms in total. The molecular weight excluding hydrogens is 238 g/mol. The highest BCUT2D eigenvalue weighted by Crippen LogP contribution is 2.14. The molecule has 1 rings (SSSR count). The van der Waals surface area contributed by atoms with Crippen LogP contribution in [-0.2, 0) is 11.3 Å². The van der Waals surface area contributed by atoms with Gasteiger partial charge in [-0.25, -0.2) is 4.79 Å². The second kappa shape index (κ2) is 7.26. The first kappa shape index (κ1) is 15.7. The Morgan fingerprint density at radius 2 is 1.74 bits per heavy atom. The number of amides is 1. The smallest absolute Gasteiger partial charge is 0.313 e. The molecule has 0 saturated carbocycles. The minimum Gasteiger partial charge on any atom is -0.399 e. The van der Waals surface area contributed by atoms with Crippen LogP contribution in [0.15, 0.2) is 24.3 Å². The number of nitrogens with zero attached hydrogens (tertiary/aromatic N) is 1. The average molecular weight is 264 g/mol. The summed E-state index contributed by atoms with van der Waals surface area (Å²) in [5.41, 5.74) is 13.0. The van der Waals surface area contributed by atoms with E-state index in [9.17, 15) is 4.79 Å². The Hall–Kier alpha value is -1.39. The number of carbonyl (C=O) groups excluding carboxylic acids is 1. The summed E-state index contributed by atoms with van der Waals surface area (Å²) in [6.45, 7) is 1.41. The third kappa shape index (κ3) is 5.41. The maximum absolute atomic E-state index is 12.2. The Morgan fingerprint density at radius 1 is 1.11 bits per heavy atom. The molecule has 0 aliphatic carbocycles. The van der Waals surface area contributed by atoms with Gasteiger partial charge in [0.1, 0.15) is 6.54 Å². The molecule has 0 aromatic heterocycles. The van der Waals surface area contributed by atoms with E-state index in [0.717, 1.165) is 30.5 Å². The molecule has 1 aromatic rings. The number of nitrogen functional groups attached to an aromatic ring is 1. The fourth-order valence-corrected chi connectivity index (χ4v) is 2.07. The third-order valence-corrected chi connectivity index (χ3v) is 3.33. The van der Waals surface area contributed by atoms with Gasteiger partial charge in [-0.3, -0.25) is 4.48 Å². The van der Waals surface area contributed by atoms with Gasteiger partial charge >= 0.3 is 5.91 Å². The lowest BCUT2D eigenvalue weighted by molar-refractivity contribution is -0.828. The lowest BCUT2D eigenvalue weighted by Crippen LogP contribution is -2.44. The van der Waals surface area contributed by atoms with E-state index in [1.807, 2.05) is 38.4 Å². The molecule has 0 atom stereocenters. The Kier molecular flexibility index (Phi) is 5.99. The molecule has 0 bridgehead atoms. The summed E-state index contributed by atoms with van der Waals surface area (Å²) >= 11 is 0. The van der Waals surface area contributed by atoms with Gasteiger partial charge in [-0.15, -0.1) is 0 Å². The molecule has 0 aliphatic rings. The molecular formula is C15H26N3O+. The third-order valence-electron chi connectivity index (χ3n) is 3.33. The predicted molar refractivity (Wildman–Crippen MR) is 79.2 cm³/mol. The van der Waals surface area contributed by atoms with E-state index < -0.39 is 0 Å². The molecule has 19 heavy (non-hydrogen) atoms. The Bertz CT molecular complexity index is 398. The van der Waals surface area contributed by atoms with Crippen LogP contribution < -0.4 is 11.5 Å². The summed E-state index contributed by atoms with van der Waals surface area (Å²) in [7, 11) is 3.92. The van der Waals surface area contributed by atoms with Crippen molar-refractivity contribution < 1.29 is 9.28 Å². The molecule has 0 aliphatic heterocycles. The lowest BCUT2D eigenvalue weighted by Gasteiger charge is -2.27. The summed E-state index contributed by atoms with van der Waals surface area (Å²) in [4.78, 5) is 12.2. The van der Waals surface area contributed by atoms with E-state index in [0.29, 0.717) is 24.0 Å². The van der Waals surface area contributed by atoms with Crippen molar-refractivity contribution in [2.45, 2.75) is 32.2 Å². The van der Waals surface area contributed by atoms with Crippen molar-refractivity contribution in [1.82, 2.24) is 0 Å². The first-order valence-corrected chi connectivity index (χ1v) is 6.86. The van der Waals surface area contributed by atoms with Crippen LogP contribution in [0.4, 0.5) is 5.69 Å². The van der Waals surface area contributed by atoms with Gasteiger partial charge in [-0.2, -0.15) is 0 Å². The highest BCUT2D eigenvalue weighted by Gasteiger charge is 2.25. The number of unbranched alkanes of at least 4 members (excludes halogenated alkanes) is 2. The molecule has 0 heterocycles. The van der Waals surface area contributed by atoms with Crippen LogP contribution >= 0.6 is 0 Å². The van der Waals surface area contributed by atoms with E-state index in [-0.39, 0.29) is 5.91 Å². The second-order valence-corrected chi connectivity index (χ2v) is 5.58. The zero-order chi connectivity index (χ0) is 14.3. The zero-order valence-corrected chi connectivity index (χ0v) is 12.1. The number of hydrogen-bond acceptors (Lipinski definition) is 3. The van der Waals surface area contributed by atoms with Crippen LogP contribution in [0.1, 0.15) is 31.2 Å². The summed E-state index contributed by atoms with van der Waals surface area (Å²) in [5, 5.41) is 0. The second-order valence-electron chi connectivity index (χ2n) is 5.58. The van der Waals surface area contributed by atoms with E-state index in [2.05, 4.69) is 0 Å². The first-order valence-electron chi connectivity index (χ1n) is 6.86. The topological polar surface area (TPSA) is 69.1 Å². The Balaban J connectivity index is 2.49. The normalized spacial score (nSPS) is 11.5. The van der Waals surface area contributed by atoms with E-state index in [4.69, 9.17) is 11.5 Å². The highest BCUT2D eigenvalue weighted by molar-refractivity contribution is 5.68. The fourth-order valence-electron chi connectivity index (χ4n) is 2.07. The van der Waals surface area contributed by atoms with Gasteiger partial charge in [-0.05, 0) is 31.5 Å². The molecule has 1 aromatic carbocycles. The fraction of sp³-hybridized carbons (Fsp3) is 0.533. The van der Waals surface area contributed by atoms with Crippen LogP contribution in [0.5, 0.6) is 0 Å². The molecule has 106 valence electrons. The van der Waals surface area contributed by atoms with Gasteiger partial charge in [-0.1, -0.05) is 18.6 Å². The van der Waals surface area contributed by atoms with Crippen LogP contribution in [0.25, 0.3) is 0 Å². The van der Waals surface area contributed by atoms with Gasteiger partial charge in [0.05, 0.1) is 20.5 Å². The maximum atomic E-state index is 12.2. The number of anilines is 1. The SMILES string of the molecule is C[N+](C)(Cc1ccc(N)cc1)C(=O)CCCCCN. The largest absolute Gasteiger partial charge is 0.399 e. The molecule has 0 spiro atoms. The first-order chi connectivity index (χ1) is 8.95. The van der Waals surface area contributed by atoms with E-state index in [1.54, 1.807) is 0 Å². The number of benzene rings is 1. The van der Waals surface area contributed by atoms with E-state index >= 15 is 0 Å². The molecule has 0 fully saturated rings. The lowest BCUT2D eigenvalue weighted by atomic mass is 10.1. The standard InChI is InChI=1S/C15H26N3O/c1-18(2,15(19)6-4-3-5-11-16)12-13-7-9-14(17)10-8-13/h7-10H,3-6,11-12,16-17H2,1-2H3/q+1. The Labute approximate surface area is 116 Å². The summed E-state index contributed by atoms with van der Waals surface area (Å²) in [5.74, 6) is 0.272. The average Bonchev–Trinajstić information content (AvgIpc) is 2.37. The van der Waals surface area contributed by atoms with Crippen molar-refractivity contribution in [3.8, 4) is 0 Å². The van der Waals surface area contributed by atoms with Crippen LogP contribution in [0.2, 0.25) is 0 Å². The molecule has 0 unspecified atom stereocenters. The highest BCUT2D eigenvalue weighted by atomic mass is 16.2. The molecule has 0 radical (unpaired) electrons. The molecule has 4 heteroatoms. The van der Waals surface area contributed by atoms with Crippen molar-refractivity contribution in [3.05, 3.63) is 29.8 Å². The van der Waals surface area contributed by atoms with Crippen molar-refractivity contribution >= 4 is 11.6 Å². The van der Waals surface area contributed by atoms with Crippen molar-refractivity contribution in [2.24, 2.45) is 5.73 Å². The van der Waals surface area contributed by atoms with Gasteiger partial charge in [0.2, 0.25) is 0 Å². The number of nitrogens with two attached hydrogens (primary N) is 2. The zero-order valence-electron chi connectivity index (χ0n) is 12.1. The van der Waals surface area contributed by atoms with Crippen molar-refractivity contribution in [1.29, 1.82) is 0 Å². The number of carbonyl (C=O) groups is 1. The monoisotopic (exact) mass is 264 g/mol. The van der Waals surface area contributed by atoms with Crippen LogP contribution in [-0.4, -0.2) is 31.0 Å². The summed E-state index contributed by atoms with van der Waals surface area (Å²) < 4.78 is 0.381. The molecule has 1 amide bonds. The number of quaternary nitrogens is 1. The number of rotatable bonds is 7. The van der Waals surface area contributed by atoms with E-state index in [1.165, 1.54) is 0 Å². The quantitative estimate of drug-likeness (QED) is 0.449. The molecule has 4 N–H and O–H groups in total. The van der Waals surface area contributed by atoms with Gasteiger partial charge in [0, 0.05) is 11.3 Å². The van der Waals surface area contributed by atoms with Gasteiger partial charge in [0.25, 0.3) is 0 Å². The van der Waals surface area contributed by atoms with Crippen LogP contribution in [0, 0.1) is 0 Å². The predicted octanol–water partition coefficient (Wildman–Crippen LogP) is 1.89. The van der Waals surface area contributed by atoms with Crippen molar-refractivity contribution in [2.75, 3.05) is 26.4 Å².